The van der Waals surface area contributed by atoms with Crippen molar-refractivity contribution in [3.8, 4) is 0 Å². The highest BCUT2D eigenvalue weighted by atomic mass is 32.3. The number of aliphatic hydroxyl groups excluding tert-OH is 1. The minimum atomic E-state index is -2.43. The van der Waals surface area contributed by atoms with Gasteiger partial charge in [-0.05, 0) is 46.8 Å². The van der Waals surface area contributed by atoms with Gasteiger partial charge >= 0.3 is 5.97 Å². The molecule has 3 rings (SSSR count). The number of hydrogen-bond donors (Lipinski definition) is 2. The van der Waals surface area contributed by atoms with Crippen LogP contribution in [0, 0.1) is 0 Å². The van der Waals surface area contributed by atoms with Crippen LogP contribution in [0.25, 0.3) is 0 Å². The van der Waals surface area contributed by atoms with Gasteiger partial charge in [0.15, 0.2) is 0 Å². The third-order valence-corrected chi connectivity index (χ3v) is 11.3. The Morgan fingerprint density at radius 3 is 2.31 bits per heavy atom. The predicted molar refractivity (Wildman–Crippen MR) is 99.1 cm³/mol. The summed E-state index contributed by atoms with van der Waals surface area (Å²) in [4.78, 5) is 42.9. The Hall–Kier alpha value is -1.32. The molecule has 3 aliphatic heterocycles. The fourth-order valence-corrected chi connectivity index (χ4v) is 9.12. The minimum Gasteiger partial charge on any atom is -0.480 e. The standard InChI is InChI=1S/C17H29N3O5S/c1-17(2)14(15(23)24)20-12(22)9-13(20)26(17,10-21)16(25)19(4)11-5-7-18(3)8-6-11/h11,13-14,21H,5-10H2,1-4H3,(H,23,24)/t13-,14+/m1/s1. The molecule has 0 bridgehead atoms. The van der Waals surface area contributed by atoms with Gasteiger partial charge in [0, 0.05) is 17.8 Å². The van der Waals surface area contributed by atoms with Gasteiger partial charge in [0.05, 0.1) is 17.7 Å². The maximum absolute atomic E-state index is 13.6. The highest BCUT2D eigenvalue weighted by Gasteiger charge is 2.72. The smallest absolute Gasteiger partial charge is 0.327 e. The van der Waals surface area contributed by atoms with Gasteiger partial charge in [-0.25, -0.2) is 4.79 Å². The molecule has 0 aromatic heterocycles. The number of carboxylic acid groups (broad SMARTS) is 1. The number of carbonyl (C=O) groups is 3. The highest BCUT2D eigenvalue weighted by molar-refractivity contribution is 8.46. The molecule has 0 aromatic carbocycles. The zero-order valence-corrected chi connectivity index (χ0v) is 16.7. The van der Waals surface area contributed by atoms with Gasteiger partial charge in [-0.1, -0.05) is 0 Å². The van der Waals surface area contributed by atoms with Gasteiger partial charge in [-0.3, -0.25) is 9.59 Å². The average Bonchev–Trinajstić information content (AvgIpc) is 2.75. The highest BCUT2D eigenvalue weighted by Crippen LogP contribution is 2.74. The van der Waals surface area contributed by atoms with E-state index < -0.39 is 32.2 Å². The zero-order valence-electron chi connectivity index (χ0n) is 15.8. The van der Waals surface area contributed by atoms with Crippen molar-refractivity contribution in [3.63, 3.8) is 0 Å². The number of aliphatic carboxylic acids is 1. The van der Waals surface area contributed by atoms with E-state index in [9.17, 15) is 24.6 Å². The molecule has 0 aliphatic carbocycles. The molecule has 26 heavy (non-hydrogen) atoms. The molecule has 0 radical (unpaired) electrons. The summed E-state index contributed by atoms with van der Waals surface area (Å²) in [6.07, 6.45) is 1.86. The fraction of sp³-hybridized carbons (Fsp3) is 0.824. The van der Waals surface area contributed by atoms with E-state index in [0.717, 1.165) is 25.9 Å². The number of carboxylic acids is 1. The monoisotopic (exact) mass is 387 g/mol. The third kappa shape index (κ3) is 2.40. The molecule has 0 aromatic rings. The van der Waals surface area contributed by atoms with Crippen molar-refractivity contribution < 1.29 is 24.6 Å². The molecule has 3 fully saturated rings. The molecule has 3 aliphatic rings. The van der Waals surface area contributed by atoms with Gasteiger partial charge in [0.2, 0.25) is 5.91 Å². The van der Waals surface area contributed by atoms with E-state index >= 15 is 0 Å². The number of amides is 2. The second-order valence-corrected chi connectivity index (χ2v) is 11.9. The molecular formula is C17H29N3O5S. The van der Waals surface area contributed by atoms with E-state index in [1.807, 2.05) is 7.05 Å². The molecule has 8 nitrogen and oxygen atoms in total. The largest absolute Gasteiger partial charge is 0.480 e. The summed E-state index contributed by atoms with van der Waals surface area (Å²) in [5.74, 6) is -1.73. The number of aliphatic hydroxyl groups is 1. The van der Waals surface area contributed by atoms with Crippen molar-refractivity contribution in [2.75, 3.05) is 33.1 Å². The average molecular weight is 388 g/mol. The van der Waals surface area contributed by atoms with Crippen LogP contribution in [0.3, 0.4) is 0 Å². The first-order chi connectivity index (χ1) is 12.1. The van der Waals surface area contributed by atoms with E-state index in [2.05, 4.69) is 4.90 Å². The first-order valence-electron chi connectivity index (χ1n) is 8.99. The second kappa shape index (κ2) is 6.38. The van der Waals surface area contributed by atoms with Gasteiger partial charge < -0.3 is 24.9 Å². The van der Waals surface area contributed by atoms with Crippen LogP contribution in [0.1, 0.15) is 33.1 Å². The molecule has 0 saturated carbocycles. The molecule has 148 valence electrons. The summed E-state index contributed by atoms with van der Waals surface area (Å²) in [6.45, 7) is 5.25. The van der Waals surface area contributed by atoms with E-state index in [1.54, 1.807) is 25.8 Å². The van der Waals surface area contributed by atoms with Gasteiger partial charge in [-0.15, -0.1) is 10.0 Å². The van der Waals surface area contributed by atoms with Crippen LogP contribution >= 0.6 is 10.0 Å². The Labute approximate surface area is 155 Å². The molecule has 0 spiro atoms. The lowest BCUT2D eigenvalue weighted by atomic mass is 9.98. The summed E-state index contributed by atoms with van der Waals surface area (Å²) < 4.78 is -0.985. The van der Waals surface area contributed by atoms with E-state index in [1.165, 1.54) is 4.90 Å². The van der Waals surface area contributed by atoms with Crippen LogP contribution in [0.4, 0.5) is 4.79 Å². The molecule has 3 saturated heterocycles. The lowest BCUT2D eigenvalue weighted by Crippen LogP contribution is -2.57. The van der Waals surface area contributed by atoms with Crippen LogP contribution in [0.2, 0.25) is 0 Å². The quantitative estimate of drug-likeness (QED) is 0.691. The molecule has 2 amide bonds. The van der Waals surface area contributed by atoms with Crippen molar-refractivity contribution in [2.24, 2.45) is 0 Å². The maximum Gasteiger partial charge on any atom is 0.327 e. The number of fused-ring (bicyclic) bond motifs is 1. The third-order valence-electron chi connectivity index (χ3n) is 6.56. The van der Waals surface area contributed by atoms with Crippen LogP contribution in [0.15, 0.2) is 0 Å². The lowest BCUT2D eigenvalue weighted by molar-refractivity contribution is -0.157. The Bertz CT molecular complexity index is 634. The number of hydrogen-bond acceptors (Lipinski definition) is 5. The fourth-order valence-electron chi connectivity index (χ4n) is 4.79. The van der Waals surface area contributed by atoms with E-state index in [0.29, 0.717) is 0 Å². The number of piperidine rings is 1. The van der Waals surface area contributed by atoms with Crippen LogP contribution in [-0.2, 0) is 9.59 Å². The summed E-state index contributed by atoms with van der Waals surface area (Å²) in [6, 6.07) is -0.982. The Morgan fingerprint density at radius 1 is 1.31 bits per heavy atom. The first kappa shape index (κ1) is 19.4. The number of likely N-dealkylation sites (tertiary alicyclic amines) is 1. The lowest BCUT2D eigenvalue weighted by Gasteiger charge is -2.52. The van der Waals surface area contributed by atoms with Gasteiger partial charge in [-0.2, -0.15) is 0 Å². The van der Waals surface area contributed by atoms with E-state index in [-0.39, 0.29) is 29.5 Å². The van der Waals surface area contributed by atoms with Crippen molar-refractivity contribution in [1.29, 1.82) is 0 Å². The molecular weight excluding hydrogens is 358 g/mol. The Balaban J connectivity index is 1.95. The number of rotatable bonds is 3. The Kier molecular flexibility index (Phi) is 4.77. The molecule has 3 heterocycles. The van der Waals surface area contributed by atoms with Crippen LogP contribution < -0.4 is 0 Å². The van der Waals surface area contributed by atoms with Crippen molar-refractivity contribution >= 4 is 27.1 Å². The number of carbonyl (C=O) groups excluding carboxylic acids is 2. The summed E-state index contributed by atoms with van der Waals surface area (Å²) in [5.41, 5.74) is 0. The first-order valence-corrected chi connectivity index (χ1v) is 10.9. The summed E-state index contributed by atoms with van der Waals surface area (Å²) in [5, 5.41) is 19.5. The normalized spacial score (nSPS) is 36.8. The minimum absolute atomic E-state index is 0.0820. The van der Waals surface area contributed by atoms with Crippen LogP contribution in [-0.4, -0.2) is 97.4 Å². The molecule has 3 atom stereocenters. The van der Waals surface area contributed by atoms with Gasteiger partial charge in [0.25, 0.3) is 5.24 Å². The predicted octanol–water partition coefficient (Wildman–Crippen LogP) is 0.691. The van der Waals surface area contributed by atoms with Crippen molar-refractivity contribution in [2.45, 2.75) is 55.3 Å². The SMILES string of the molecule is CN1CCC(N(C)C(=O)S2(CO)[C@@H]3CC(=O)N3[C@@H](C(=O)O)C2(C)C)CC1. The van der Waals surface area contributed by atoms with E-state index in [4.69, 9.17) is 0 Å². The van der Waals surface area contributed by atoms with Crippen LogP contribution in [0.5, 0.6) is 0 Å². The summed E-state index contributed by atoms with van der Waals surface area (Å²) >= 11 is 0. The molecule has 9 heteroatoms. The maximum atomic E-state index is 13.6. The second-order valence-electron chi connectivity index (χ2n) is 8.14. The molecule has 1 unspecified atom stereocenters. The number of nitrogens with zero attached hydrogens (tertiary/aromatic N) is 3. The van der Waals surface area contributed by atoms with Crippen molar-refractivity contribution in [1.82, 2.24) is 14.7 Å². The molecule has 2 N–H and O–H groups in total. The topological polar surface area (TPSA) is 101 Å². The van der Waals surface area contributed by atoms with Crippen molar-refractivity contribution in [3.05, 3.63) is 0 Å². The zero-order chi connectivity index (χ0) is 19.4. The Morgan fingerprint density at radius 2 is 1.88 bits per heavy atom. The summed E-state index contributed by atoms with van der Waals surface area (Å²) in [7, 11) is 1.38. The van der Waals surface area contributed by atoms with Gasteiger partial charge in [0.1, 0.15) is 6.04 Å². The number of β-lactam (4-membered cyclic amide) rings is 1.